The molecular formula is C22H21ClF3NO4S. The monoisotopic (exact) mass is 487 g/mol. The second-order valence-electron chi connectivity index (χ2n) is 8.47. The molecule has 10 heteroatoms. The summed E-state index contributed by atoms with van der Waals surface area (Å²) >= 11 is 6.15. The van der Waals surface area contributed by atoms with Crippen LogP contribution in [0.1, 0.15) is 43.0 Å². The van der Waals surface area contributed by atoms with Crippen molar-refractivity contribution in [2.45, 2.75) is 48.4 Å². The van der Waals surface area contributed by atoms with E-state index in [-0.39, 0.29) is 33.0 Å². The van der Waals surface area contributed by atoms with E-state index in [2.05, 4.69) is 5.32 Å². The van der Waals surface area contributed by atoms with E-state index in [1.807, 2.05) is 6.92 Å². The number of carbonyl (C=O) groups is 1. The van der Waals surface area contributed by atoms with Crippen molar-refractivity contribution in [1.82, 2.24) is 0 Å². The van der Waals surface area contributed by atoms with Crippen LogP contribution in [0.4, 0.5) is 18.9 Å². The van der Waals surface area contributed by atoms with E-state index in [4.69, 9.17) is 11.6 Å². The van der Waals surface area contributed by atoms with E-state index in [1.54, 1.807) is 0 Å². The fourth-order valence-electron chi connectivity index (χ4n) is 4.96. The summed E-state index contributed by atoms with van der Waals surface area (Å²) in [5, 5.41) is 12.1. The van der Waals surface area contributed by atoms with Gasteiger partial charge in [-0.3, -0.25) is 4.79 Å². The average molecular weight is 488 g/mol. The van der Waals surface area contributed by atoms with E-state index in [9.17, 15) is 31.5 Å². The third-order valence-corrected chi connectivity index (χ3v) is 9.48. The Morgan fingerprint density at radius 1 is 1.12 bits per heavy atom. The highest BCUT2D eigenvalue weighted by molar-refractivity contribution is 7.92. The van der Waals surface area contributed by atoms with Gasteiger partial charge in [-0.1, -0.05) is 18.5 Å². The van der Waals surface area contributed by atoms with Crippen molar-refractivity contribution in [1.29, 1.82) is 0 Å². The molecule has 3 fully saturated rings. The number of amides is 1. The van der Waals surface area contributed by atoms with Gasteiger partial charge in [0.2, 0.25) is 0 Å². The molecule has 2 N–H and O–H groups in total. The van der Waals surface area contributed by atoms with Gasteiger partial charge in [-0.15, -0.1) is 0 Å². The molecule has 2 aromatic rings. The van der Waals surface area contributed by atoms with Crippen molar-refractivity contribution in [3.63, 3.8) is 0 Å². The first kappa shape index (κ1) is 23.1. The summed E-state index contributed by atoms with van der Waals surface area (Å²) in [7, 11) is -3.89. The Labute approximate surface area is 188 Å². The lowest BCUT2D eigenvalue weighted by Gasteiger charge is -2.58. The van der Waals surface area contributed by atoms with Gasteiger partial charge < -0.3 is 10.4 Å². The molecule has 172 valence electrons. The van der Waals surface area contributed by atoms with Crippen LogP contribution in [-0.2, 0) is 9.84 Å². The molecule has 1 amide bonds. The maximum absolute atomic E-state index is 13.4. The molecule has 3 aliphatic carbocycles. The summed E-state index contributed by atoms with van der Waals surface area (Å²) in [6.07, 6.45) is 1.97. The van der Waals surface area contributed by atoms with E-state index in [1.165, 1.54) is 12.1 Å². The first-order valence-corrected chi connectivity index (χ1v) is 12.1. The van der Waals surface area contributed by atoms with E-state index >= 15 is 0 Å². The summed E-state index contributed by atoms with van der Waals surface area (Å²) < 4.78 is 66.5. The van der Waals surface area contributed by atoms with Gasteiger partial charge in [0.1, 0.15) is 0 Å². The molecule has 3 aliphatic rings. The molecule has 5 nitrogen and oxygen atoms in total. The van der Waals surface area contributed by atoms with Crippen LogP contribution in [0, 0.1) is 29.3 Å². The molecule has 2 bridgehead atoms. The second-order valence-corrected chi connectivity index (χ2v) is 11.1. The molecule has 2 aromatic carbocycles. The van der Waals surface area contributed by atoms with Gasteiger partial charge in [-0.05, 0) is 55.7 Å². The summed E-state index contributed by atoms with van der Waals surface area (Å²) in [5.74, 6) is -5.64. The van der Waals surface area contributed by atoms with Crippen LogP contribution in [0.15, 0.2) is 35.2 Å². The largest absolute Gasteiger partial charge is 0.389 e. The highest BCUT2D eigenvalue weighted by Crippen LogP contribution is 2.57. The Hall–Kier alpha value is -2.10. The Morgan fingerprint density at radius 3 is 2.28 bits per heavy atom. The smallest absolute Gasteiger partial charge is 0.255 e. The number of anilines is 1. The van der Waals surface area contributed by atoms with Gasteiger partial charge >= 0.3 is 0 Å². The third kappa shape index (κ3) is 3.70. The highest BCUT2D eigenvalue weighted by Gasteiger charge is 2.58. The lowest BCUT2D eigenvalue weighted by molar-refractivity contribution is -0.177. The van der Waals surface area contributed by atoms with Gasteiger partial charge in [0.25, 0.3) is 5.91 Å². The Balaban J connectivity index is 1.58. The van der Waals surface area contributed by atoms with Crippen LogP contribution in [0.25, 0.3) is 0 Å². The average Bonchev–Trinajstić information content (AvgIpc) is 2.76. The molecule has 0 aliphatic heterocycles. The minimum atomic E-state index is -3.89. The Bertz CT molecular complexity index is 1170. The highest BCUT2D eigenvalue weighted by atomic mass is 35.5. The number of hydrogen-bond donors (Lipinski definition) is 2. The number of rotatable bonds is 5. The molecule has 2 atom stereocenters. The number of carbonyl (C=O) groups excluding carboxylic acids is 1. The number of halogens is 4. The zero-order valence-corrected chi connectivity index (χ0v) is 18.6. The number of sulfone groups is 1. The van der Waals surface area contributed by atoms with Gasteiger partial charge in [0.05, 0.1) is 20.8 Å². The van der Waals surface area contributed by atoms with Crippen LogP contribution < -0.4 is 5.32 Å². The van der Waals surface area contributed by atoms with Crippen LogP contribution in [0.5, 0.6) is 0 Å². The minimum Gasteiger partial charge on any atom is -0.389 e. The van der Waals surface area contributed by atoms with E-state index in [0.29, 0.717) is 31.4 Å². The van der Waals surface area contributed by atoms with Crippen LogP contribution >= 0.6 is 11.6 Å². The predicted octanol–water partition coefficient (Wildman–Crippen LogP) is 4.72. The van der Waals surface area contributed by atoms with Crippen LogP contribution in [-0.4, -0.2) is 30.3 Å². The Morgan fingerprint density at radius 2 is 1.72 bits per heavy atom. The maximum Gasteiger partial charge on any atom is 0.255 e. The van der Waals surface area contributed by atoms with Crippen molar-refractivity contribution >= 4 is 33.0 Å². The third-order valence-electron chi connectivity index (χ3n) is 6.82. The fourth-order valence-corrected chi connectivity index (χ4v) is 7.36. The van der Waals surface area contributed by atoms with Gasteiger partial charge in [0, 0.05) is 23.4 Å². The molecule has 0 aromatic heterocycles. The number of nitrogens with one attached hydrogen (secondary N) is 1. The molecule has 0 heterocycles. The quantitative estimate of drug-likeness (QED) is 0.598. The van der Waals surface area contributed by atoms with Gasteiger partial charge in [0.15, 0.2) is 27.3 Å². The summed E-state index contributed by atoms with van der Waals surface area (Å²) in [5.41, 5.74) is -1.24. The topological polar surface area (TPSA) is 83.5 Å². The van der Waals surface area contributed by atoms with Gasteiger partial charge in [-0.2, -0.15) is 0 Å². The standard InChI is InChI=1S/C22H21ClF3NO4S/c1-2-22(29)12-6-13(22)8-15(7-12)32(30,31)19-5-11(3-4-16(19)23)21(28)27-14-9-17(24)20(26)18(25)10-14/h3-5,9-10,12-13,15,29H,2,6-8H2,1H3,(H,27,28)/t12?,13?,15-,22-. The number of benzene rings is 2. The minimum absolute atomic E-state index is 0.0505. The summed E-state index contributed by atoms with van der Waals surface area (Å²) in [6, 6.07) is 4.90. The fraction of sp³-hybridized carbons (Fsp3) is 0.409. The lowest BCUT2D eigenvalue weighted by Crippen LogP contribution is -2.61. The molecule has 3 saturated carbocycles. The zero-order chi connectivity index (χ0) is 23.4. The molecule has 5 rings (SSSR count). The van der Waals surface area contributed by atoms with Gasteiger partial charge in [-0.25, -0.2) is 21.6 Å². The molecule has 0 saturated heterocycles. The number of hydrogen-bond acceptors (Lipinski definition) is 4. The van der Waals surface area contributed by atoms with Crippen molar-refractivity contribution in [3.8, 4) is 0 Å². The number of aliphatic hydroxyl groups is 1. The van der Waals surface area contributed by atoms with Crippen molar-refractivity contribution in [2.75, 3.05) is 5.32 Å². The van der Waals surface area contributed by atoms with Crippen LogP contribution in [0.3, 0.4) is 0 Å². The van der Waals surface area contributed by atoms with Crippen molar-refractivity contribution in [3.05, 3.63) is 58.4 Å². The van der Waals surface area contributed by atoms with E-state index in [0.717, 1.165) is 12.5 Å². The molecule has 0 spiro atoms. The Kier molecular flexibility index (Phi) is 5.80. The second kappa shape index (κ2) is 8.04. The van der Waals surface area contributed by atoms with Crippen molar-refractivity contribution < 1.29 is 31.5 Å². The number of fused-ring (bicyclic) bond motifs is 2. The first-order chi connectivity index (χ1) is 15.0. The summed E-state index contributed by atoms with van der Waals surface area (Å²) in [6.45, 7) is 1.88. The molecule has 32 heavy (non-hydrogen) atoms. The van der Waals surface area contributed by atoms with E-state index < -0.39 is 44.0 Å². The normalized spacial score (nSPS) is 27.0. The molecular weight excluding hydrogens is 467 g/mol. The van der Waals surface area contributed by atoms with Crippen molar-refractivity contribution in [2.24, 2.45) is 11.8 Å². The predicted molar refractivity (Wildman–Crippen MR) is 113 cm³/mol. The summed E-state index contributed by atoms with van der Waals surface area (Å²) in [4.78, 5) is 12.3. The maximum atomic E-state index is 13.4. The SMILES string of the molecule is CC[C@]1(O)C2CC1C[C@@H](S(=O)(=O)c1cc(C(=O)Nc3cc(F)c(F)c(F)c3)ccc1Cl)C2. The first-order valence-electron chi connectivity index (χ1n) is 10.2. The van der Waals surface area contributed by atoms with Crippen LogP contribution in [0.2, 0.25) is 5.02 Å². The molecule has 2 unspecified atom stereocenters. The lowest BCUT2D eigenvalue weighted by atomic mass is 9.53. The molecule has 0 radical (unpaired) electrons. The zero-order valence-electron chi connectivity index (χ0n) is 17.0.